The van der Waals surface area contributed by atoms with Gasteiger partial charge in [-0.3, -0.25) is 0 Å². The monoisotopic (exact) mass is 302 g/mol. The van der Waals surface area contributed by atoms with E-state index >= 15 is 0 Å². The molecule has 18 heavy (non-hydrogen) atoms. The number of nitrogen functional groups attached to an aromatic ring is 1. The molecule has 0 aliphatic rings. The Bertz CT molecular complexity index is 613. The fourth-order valence-electron chi connectivity index (χ4n) is 1.43. The molecule has 0 aliphatic carbocycles. The number of hydrogen-bond acceptors (Lipinski definition) is 5. The highest BCUT2D eigenvalue weighted by molar-refractivity contribution is 7.19. The van der Waals surface area contributed by atoms with Crippen LogP contribution in [0, 0.1) is 0 Å². The molecule has 0 aliphatic heterocycles. The molecular formula is C11H8Cl2N2O2S. The predicted molar refractivity (Wildman–Crippen MR) is 73.3 cm³/mol. The lowest BCUT2D eigenvalue weighted by atomic mass is 10.1. The van der Waals surface area contributed by atoms with Gasteiger partial charge in [0, 0.05) is 10.6 Å². The summed E-state index contributed by atoms with van der Waals surface area (Å²) in [6.07, 6.45) is 0. The summed E-state index contributed by atoms with van der Waals surface area (Å²) in [5, 5.41) is 1.22. The van der Waals surface area contributed by atoms with Crippen molar-refractivity contribution >= 4 is 45.6 Å². The molecule has 0 fully saturated rings. The van der Waals surface area contributed by atoms with E-state index < -0.39 is 5.97 Å². The number of nitrogens with zero attached hydrogens (tertiary/aromatic N) is 1. The maximum absolute atomic E-state index is 11.6. The minimum absolute atomic E-state index is 0.157. The second-order valence-corrected chi connectivity index (χ2v) is 5.22. The molecule has 0 saturated carbocycles. The Morgan fingerprint density at radius 1 is 1.44 bits per heavy atom. The average molecular weight is 303 g/mol. The molecule has 0 spiro atoms. The second-order valence-electron chi connectivity index (χ2n) is 3.35. The van der Waals surface area contributed by atoms with Crippen molar-refractivity contribution in [3.8, 4) is 10.4 Å². The molecule has 2 aromatic rings. The van der Waals surface area contributed by atoms with Gasteiger partial charge in [0.2, 0.25) is 0 Å². The van der Waals surface area contributed by atoms with Gasteiger partial charge in [-0.15, -0.1) is 0 Å². The fourth-order valence-corrected chi connectivity index (χ4v) is 2.85. The van der Waals surface area contributed by atoms with Gasteiger partial charge >= 0.3 is 5.97 Å². The van der Waals surface area contributed by atoms with Crippen molar-refractivity contribution in [2.24, 2.45) is 0 Å². The van der Waals surface area contributed by atoms with Crippen molar-refractivity contribution in [3.63, 3.8) is 0 Å². The van der Waals surface area contributed by atoms with E-state index in [-0.39, 0.29) is 10.8 Å². The van der Waals surface area contributed by atoms with Crippen molar-refractivity contribution in [1.29, 1.82) is 0 Å². The Balaban J connectivity index is 2.60. The molecular weight excluding hydrogens is 295 g/mol. The normalized spacial score (nSPS) is 10.4. The highest BCUT2D eigenvalue weighted by Gasteiger charge is 2.20. The van der Waals surface area contributed by atoms with Gasteiger partial charge in [0.25, 0.3) is 0 Å². The van der Waals surface area contributed by atoms with Crippen LogP contribution >= 0.6 is 34.5 Å². The van der Waals surface area contributed by atoms with Gasteiger partial charge in [-0.05, 0) is 12.1 Å². The Morgan fingerprint density at radius 3 is 2.78 bits per heavy atom. The molecule has 0 atom stereocenters. The number of aromatic nitrogens is 1. The molecule has 94 valence electrons. The van der Waals surface area contributed by atoms with Gasteiger partial charge in [-0.2, -0.15) is 0 Å². The lowest BCUT2D eigenvalue weighted by Crippen LogP contribution is -2.03. The van der Waals surface area contributed by atoms with E-state index in [2.05, 4.69) is 9.72 Å². The van der Waals surface area contributed by atoms with Crippen molar-refractivity contribution in [2.45, 2.75) is 0 Å². The number of carbonyl (C=O) groups is 1. The lowest BCUT2D eigenvalue weighted by molar-refractivity contribution is 0.0596. The number of anilines is 1. The van der Waals surface area contributed by atoms with Crippen LogP contribution in [0.2, 0.25) is 10.0 Å². The third-order valence-electron chi connectivity index (χ3n) is 2.20. The first-order valence-electron chi connectivity index (χ1n) is 4.83. The largest absolute Gasteiger partial charge is 0.464 e. The molecule has 1 heterocycles. The third kappa shape index (κ3) is 2.43. The van der Waals surface area contributed by atoms with Crippen LogP contribution in [0.4, 0.5) is 5.13 Å². The van der Waals surface area contributed by atoms with E-state index in [1.54, 1.807) is 18.2 Å². The summed E-state index contributed by atoms with van der Waals surface area (Å²) in [7, 11) is 1.28. The van der Waals surface area contributed by atoms with Crippen LogP contribution in [-0.4, -0.2) is 18.1 Å². The van der Waals surface area contributed by atoms with Gasteiger partial charge < -0.3 is 10.5 Å². The zero-order valence-corrected chi connectivity index (χ0v) is 11.6. The number of halogens is 2. The van der Waals surface area contributed by atoms with Crippen LogP contribution in [0.25, 0.3) is 10.4 Å². The molecule has 2 rings (SSSR count). The minimum atomic E-state index is -0.552. The van der Waals surface area contributed by atoms with Crippen LogP contribution in [0.1, 0.15) is 10.5 Å². The van der Waals surface area contributed by atoms with E-state index in [4.69, 9.17) is 28.9 Å². The SMILES string of the molecule is COC(=O)c1nc(N)sc1-c1ccc(Cl)cc1Cl. The molecule has 0 unspecified atom stereocenters. The lowest BCUT2D eigenvalue weighted by Gasteiger charge is -2.03. The van der Waals surface area contributed by atoms with E-state index in [0.29, 0.717) is 20.5 Å². The molecule has 4 nitrogen and oxygen atoms in total. The van der Waals surface area contributed by atoms with Gasteiger partial charge in [-0.25, -0.2) is 9.78 Å². The quantitative estimate of drug-likeness (QED) is 0.863. The third-order valence-corrected chi connectivity index (χ3v) is 3.66. The summed E-state index contributed by atoms with van der Waals surface area (Å²) in [5.74, 6) is -0.552. The molecule has 1 aromatic carbocycles. The van der Waals surface area contributed by atoms with Gasteiger partial charge in [0.15, 0.2) is 10.8 Å². The van der Waals surface area contributed by atoms with E-state index in [1.807, 2.05) is 0 Å². The average Bonchev–Trinajstić information content (AvgIpc) is 2.70. The summed E-state index contributed by atoms with van der Waals surface area (Å²) < 4.78 is 4.66. The Kier molecular flexibility index (Phi) is 3.75. The summed E-state index contributed by atoms with van der Waals surface area (Å²) >= 11 is 13.1. The van der Waals surface area contributed by atoms with Gasteiger partial charge in [0.1, 0.15) is 0 Å². The molecule has 0 radical (unpaired) electrons. The number of methoxy groups -OCH3 is 1. The predicted octanol–water partition coefficient (Wildman–Crippen LogP) is 3.49. The van der Waals surface area contributed by atoms with Crippen LogP contribution in [0.5, 0.6) is 0 Å². The van der Waals surface area contributed by atoms with Crippen molar-refractivity contribution < 1.29 is 9.53 Å². The number of ether oxygens (including phenoxy) is 1. The van der Waals surface area contributed by atoms with Crippen molar-refractivity contribution in [2.75, 3.05) is 12.8 Å². The molecule has 0 saturated heterocycles. The van der Waals surface area contributed by atoms with Gasteiger partial charge in [-0.1, -0.05) is 40.6 Å². The number of carbonyl (C=O) groups excluding carboxylic acids is 1. The highest BCUT2D eigenvalue weighted by atomic mass is 35.5. The first-order chi connectivity index (χ1) is 8.52. The number of benzene rings is 1. The molecule has 0 bridgehead atoms. The number of hydrogen-bond donors (Lipinski definition) is 1. The fraction of sp³-hybridized carbons (Fsp3) is 0.0909. The van der Waals surface area contributed by atoms with Crippen LogP contribution in [-0.2, 0) is 4.74 Å². The number of esters is 1. The molecule has 2 N–H and O–H groups in total. The maximum atomic E-state index is 11.6. The number of thiazole rings is 1. The van der Waals surface area contributed by atoms with Crippen LogP contribution in [0.15, 0.2) is 18.2 Å². The summed E-state index contributed by atoms with van der Waals surface area (Å²) in [6, 6.07) is 4.99. The first kappa shape index (κ1) is 13.1. The number of nitrogens with two attached hydrogens (primary N) is 1. The number of rotatable bonds is 2. The zero-order chi connectivity index (χ0) is 13.3. The van der Waals surface area contributed by atoms with Crippen LogP contribution in [0.3, 0.4) is 0 Å². The maximum Gasteiger partial charge on any atom is 0.358 e. The summed E-state index contributed by atoms with van der Waals surface area (Å²) in [6.45, 7) is 0. The first-order valence-corrected chi connectivity index (χ1v) is 6.40. The highest BCUT2D eigenvalue weighted by Crippen LogP contribution is 2.37. The summed E-state index contributed by atoms with van der Waals surface area (Å²) in [4.78, 5) is 16.1. The standard InChI is InChI=1S/C11H8Cl2N2O2S/c1-17-10(16)8-9(18-11(14)15-8)6-3-2-5(12)4-7(6)13/h2-4H,1H3,(H2,14,15). The van der Waals surface area contributed by atoms with Crippen LogP contribution < -0.4 is 5.73 Å². The molecule has 7 heteroatoms. The van der Waals surface area contributed by atoms with Crippen molar-refractivity contribution in [3.05, 3.63) is 33.9 Å². The van der Waals surface area contributed by atoms with E-state index in [9.17, 15) is 4.79 Å². The Labute approximate surface area is 117 Å². The molecule has 0 amide bonds. The van der Waals surface area contributed by atoms with Gasteiger partial charge in [0.05, 0.1) is 17.0 Å². The summed E-state index contributed by atoms with van der Waals surface area (Å²) in [5.41, 5.74) is 6.43. The Morgan fingerprint density at radius 2 is 2.17 bits per heavy atom. The van der Waals surface area contributed by atoms with E-state index in [1.165, 1.54) is 18.4 Å². The molecule has 1 aromatic heterocycles. The Hall–Kier alpha value is -1.30. The second kappa shape index (κ2) is 5.14. The smallest absolute Gasteiger partial charge is 0.358 e. The van der Waals surface area contributed by atoms with E-state index in [0.717, 1.165) is 0 Å². The van der Waals surface area contributed by atoms with Crippen molar-refractivity contribution in [1.82, 2.24) is 4.98 Å². The topological polar surface area (TPSA) is 65.2 Å². The minimum Gasteiger partial charge on any atom is -0.464 e. The zero-order valence-electron chi connectivity index (χ0n) is 9.24.